The molecule has 3 unspecified atom stereocenters. The van der Waals surface area contributed by atoms with Crippen molar-refractivity contribution in [3.63, 3.8) is 0 Å². The second-order valence-corrected chi connectivity index (χ2v) is 5.47. The average molecular weight is 288 g/mol. The largest absolute Gasteiger partial charge is 0.378 e. The van der Waals surface area contributed by atoms with Crippen molar-refractivity contribution >= 4 is 11.5 Å². The molecule has 1 saturated carbocycles. The quantitative estimate of drug-likeness (QED) is 0.676. The van der Waals surface area contributed by atoms with Gasteiger partial charge in [0.2, 0.25) is 5.82 Å². The smallest absolute Gasteiger partial charge is 0.328 e. The van der Waals surface area contributed by atoms with Crippen LogP contribution in [0.25, 0.3) is 0 Å². The van der Waals surface area contributed by atoms with Gasteiger partial charge in [0.15, 0.2) is 0 Å². The topological polar surface area (TPSA) is 101 Å². The molecule has 7 nitrogen and oxygen atoms in total. The molecule has 0 aromatic carbocycles. The molecule has 1 aliphatic carbocycles. The molecule has 3 atom stereocenters. The molecule has 2 fully saturated rings. The molecule has 0 bridgehead atoms. The standard InChI is InChI=1S/C14H16N4O3/c15-8-9-4-6-16-14(13(9)18(19)20)17-11-2-1-3-12-10(11)5-7-21-12/h4,6,10-12H,1-3,5,7H2,(H,16,17). The fourth-order valence-electron chi connectivity index (χ4n) is 3.37. The van der Waals surface area contributed by atoms with Crippen LogP contribution in [0, 0.1) is 27.4 Å². The van der Waals surface area contributed by atoms with Gasteiger partial charge in [-0.2, -0.15) is 5.26 Å². The van der Waals surface area contributed by atoms with E-state index in [2.05, 4.69) is 10.3 Å². The van der Waals surface area contributed by atoms with Gasteiger partial charge in [-0.25, -0.2) is 4.98 Å². The predicted molar refractivity (Wildman–Crippen MR) is 74.7 cm³/mol. The highest BCUT2D eigenvalue weighted by atomic mass is 16.6. The van der Waals surface area contributed by atoms with E-state index in [1.165, 1.54) is 12.3 Å². The zero-order valence-electron chi connectivity index (χ0n) is 11.5. The third kappa shape index (κ3) is 2.54. The SMILES string of the molecule is N#Cc1ccnc(NC2CCCC3OCCC23)c1[N+](=O)[O-]. The van der Waals surface area contributed by atoms with E-state index in [1.807, 2.05) is 6.07 Å². The number of nitrogens with one attached hydrogen (secondary N) is 1. The van der Waals surface area contributed by atoms with Crippen molar-refractivity contribution in [3.05, 3.63) is 27.9 Å². The summed E-state index contributed by atoms with van der Waals surface area (Å²) in [6.45, 7) is 0.751. The first-order valence-electron chi connectivity index (χ1n) is 7.12. The lowest BCUT2D eigenvalue weighted by Gasteiger charge is -2.33. The van der Waals surface area contributed by atoms with E-state index < -0.39 is 4.92 Å². The van der Waals surface area contributed by atoms with E-state index in [-0.39, 0.29) is 29.2 Å². The van der Waals surface area contributed by atoms with Crippen LogP contribution in [0.5, 0.6) is 0 Å². The summed E-state index contributed by atoms with van der Waals surface area (Å²) in [5.74, 6) is 0.558. The molecule has 1 N–H and O–H groups in total. The van der Waals surface area contributed by atoms with E-state index in [4.69, 9.17) is 10.00 Å². The Morgan fingerprint density at radius 3 is 3.10 bits per heavy atom. The van der Waals surface area contributed by atoms with Crippen molar-refractivity contribution in [1.29, 1.82) is 5.26 Å². The summed E-state index contributed by atoms with van der Waals surface area (Å²) in [5, 5.41) is 23.4. The second-order valence-electron chi connectivity index (χ2n) is 5.47. The minimum absolute atomic E-state index is 0.0348. The summed E-state index contributed by atoms with van der Waals surface area (Å²) < 4.78 is 5.70. The number of nitrogens with zero attached hydrogens (tertiary/aromatic N) is 3. The van der Waals surface area contributed by atoms with E-state index >= 15 is 0 Å². The molecule has 0 radical (unpaired) electrons. The van der Waals surface area contributed by atoms with Crippen LogP contribution < -0.4 is 5.32 Å². The summed E-state index contributed by atoms with van der Waals surface area (Å²) in [6, 6.07) is 3.34. The number of hydrogen-bond donors (Lipinski definition) is 1. The molecular weight excluding hydrogens is 272 g/mol. The first kappa shape index (κ1) is 13.8. The molecule has 3 rings (SSSR count). The van der Waals surface area contributed by atoms with E-state index in [1.54, 1.807) is 0 Å². The van der Waals surface area contributed by atoms with Crippen LogP contribution in [-0.2, 0) is 4.74 Å². The van der Waals surface area contributed by atoms with Crippen molar-refractivity contribution in [1.82, 2.24) is 4.98 Å². The molecule has 1 aliphatic heterocycles. The Bertz CT molecular complexity index is 598. The number of hydrogen-bond acceptors (Lipinski definition) is 6. The highest BCUT2D eigenvalue weighted by molar-refractivity contribution is 5.64. The molecule has 7 heteroatoms. The van der Waals surface area contributed by atoms with Crippen molar-refractivity contribution in [2.24, 2.45) is 5.92 Å². The minimum atomic E-state index is -0.542. The van der Waals surface area contributed by atoms with E-state index in [0.717, 1.165) is 32.3 Å². The van der Waals surface area contributed by atoms with Crippen LogP contribution in [-0.4, -0.2) is 28.7 Å². The molecule has 110 valence electrons. The Hall–Kier alpha value is -2.20. The van der Waals surface area contributed by atoms with Gasteiger partial charge in [-0.3, -0.25) is 10.1 Å². The Kier molecular flexibility index (Phi) is 3.71. The lowest BCUT2D eigenvalue weighted by Crippen LogP contribution is -2.38. The molecule has 1 saturated heterocycles. The van der Waals surface area contributed by atoms with E-state index in [0.29, 0.717) is 5.92 Å². The Morgan fingerprint density at radius 2 is 2.33 bits per heavy atom. The molecule has 2 heterocycles. The number of nitriles is 1. The molecular formula is C14H16N4O3. The third-order valence-electron chi connectivity index (χ3n) is 4.33. The Balaban J connectivity index is 1.88. The molecule has 2 aliphatic rings. The van der Waals surface area contributed by atoms with Crippen molar-refractivity contribution in [3.8, 4) is 6.07 Å². The summed E-state index contributed by atoms with van der Waals surface area (Å²) in [7, 11) is 0. The predicted octanol–water partition coefficient (Wildman–Crippen LogP) is 2.23. The van der Waals surface area contributed by atoms with Crippen LogP contribution in [0.15, 0.2) is 12.3 Å². The van der Waals surface area contributed by atoms with Crippen LogP contribution in [0.2, 0.25) is 0 Å². The molecule has 0 spiro atoms. The number of rotatable bonds is 3. The maximum atomic E-state index is 11.2. The lowest BCUT2D eigenvalue weighted by atomic mass is 9.82. The number of anilines is 1. The van der Waals surface area contributed by atoms with Gasteiger partial charge in [0.1, 0.15) is 11.6 Å². The first-order valence-corrected chi connectivity index (χ1v) is 7.12. The zero-order valence-corrected chi connectivity index (χ0v) is 11.5. The monoisotopic (exact) mass is 288 g/mol. The minimum Gasteiger partial charge on any atom is -0.378 e. The van der Waals surface area contributed by atoms with Crippen LogP contribution in [0.1, 0.15) is 31.2 Å². The molecule has 0 amide bonds. The van der Waals surface area contributed by atoms with Crippen LogP contribution >= 0.6 is 0 Å². The molecule has 21 heavy (non-hydrogen) atoms. The fraction of sp³-hybridized carbons (Fsp3) is 0.571. The summed E-state index contributed by atoms with van der Waals surface area (Å²) >= 11 is 0. The number of ether oxygens (including phenoxy) is 1. The summed E-state index contributed by atoms with van der Waals surface area (Å²) in [6.07, 6.45) is 5.67. The van der Waals surface area contributed by atoms with Crippen molar-refractivity contribution < 1.29 is 9.66 Å². The van der Waals surface area contributed by atoms with E-state index in [9.17, 15) is 10.1 Å². The van der Waals surface area contributed by atoms with Gasteiger partial charge in [-0.1, -0.05) is 0 Å². The van der Waals surface area contributed by atoms with Crippen molar-refractivity contribution in [2.45, 2.75) is 37.8 Å². The lowest BCUT2D eigenvalue weighted by molar-refractivity contribution is -0.384. The number of pyridine rings is 1. The highest BCUT2D eigenvalue weighted by Gasteiger charge is 2.38. The maximum Gasteiger partial charge on any atom is 0.328 e. The van der Waals surface area contributed by atoms with Gasteiger partial charge in [0.25, 0.3) is 0 Å². The van der Waals surface area contributed by atoms with Gasteiger partial charge in [0, 0.05) is 24.8 Å². The Morgan fingerprint density at radius 1 is 1.48 bits per heavy atom. The maximum absolute atomic E-state index is 11.2. The average Bonchev–Trinajstić information content (AvgIpc) is 2.96. The van der Waals surface area contributed by atoms with Gasteiger partial charge in [0.05, 0.1) is 11.0 Å². The fourth-order valence-corrected chi connectivity index (χ4v) is 3.37. The molecule has 1 aromatic heterocycles. The number of fused-ring (bicyclic) bond motifs is 1. The second kappa shape index (κ2) is 5.66. The molecule has 1 aromatic rings. The van der Waals surface area contributed by atoms with Gasteiger partial charge in [-0.05, 0) is 31.7 Å². The summed E-state index contributed by atoms with van der Waals surface area (Å²) in [4.78, 5) is 14.8. The van der Waals surface area contributed by atoms with Gasteiger partial charge in [-0.15, -0.1) is 0 Å². The van der Waals surface area contributed by atoms with Crippen LogP contribution in [0.4, 0.5) is 11.5 Å². The van der Waals surface area contributed by atoms with Gasteiger partial charge < -0.3 is 10.1 Å². The summed E-state index contributed by atoms with van der Waals surface area (Å²) in [5.41, 5.74) is -0.200. The Labute approximate surface area is 122 Å². The zero-order chi connectivity index (χ0) is 14.8. The normalized spacial score (nSPS) is 27.7. The third-order valence-corrected chi connectivity index (χ3v) is 4.33. The highest BCUT2D eigenvalue weighted by Crippen LogP contribution is 2.37. The number of aromatic nitrogens is 1. The van der Waals surface area contributed by atoms with Gasteiger partial charge >= 0.3 is 5.69 Å². The number of nitro groups is 1. The first-order chi connectivity index (χ1) is 10.2. The van der Waals surface area contributed by atoms with Crippen molar-refractivity contribution in [2.75, 3.05) is 11.9 Å². The van der Waals surface area contributed by atoms with Crippen LogP contribution in [0.3, 0.4) is 0 Å².